The number of methoxy groups -OCH3 is 1. The maximum absolute atomic E-state index is 12.9. The highest BCUT2D eigenvalue weighted by molar-refractivity contribution is 5.95. The molecule has 0 saturated carbocycles. The highest BCUT2D eigenvalue weighted by atomic mass is 19.4. The molecule has 3 rings (SSSR count). The second kappa shape index (κ2) is 9.65. The van der Waals surface area contributed by atoms with Crippen molar-refractivity contribution in [3.63, 3.8) is 0 Å². The third-order valence-corrected chi connectivity index (χ3v) is 4.61. The van der Waals surface area contributed by atoms with Crippen molar-refractivity contribution in [3.05, 3.63) is 75.5 Å². The Balaban J connectivity index is 1.64. The Morgan fingerprint density at radius 1 is 1.15 bits per heavy atom. The quantitative estimate of drug-likeness (QED) is 0.289. The number of nitro benzene ring substituents is 1. The maximum atomic E-state index is 12.9. The number of esters is 1. The van der Waals surface area contributed by atoms with Crippen LogP contribution in [0.5, 0.6) is 5.75 Å². The SMILES string of the molecule is COc1cc(NC(=O)COC(=O)c2ccc(-c3cccc(C(F)(F)F)c3)o2)c(C)cc1[N+](=O)[O-]. The van der Waals surface area contributed by atoms with E-state index in [2.05, 4.69) is 5.32 Å². The summed E-state index contributed by atoms with van der Waals surface area (Å²) < 4.78 is 53.8. The van der Waals surface area contributed by atoms with Gasteiger partial charge in [-0.15, -0.1) is 0 Å². The zero-order valence-electron chi connectivity index (χ0n) is 17.8. The number of nitrogens with one attached hydrogen (secondary N) is 1. The van der Waals surface area contributed by atoms with Crippen molar-refractivity contribution in [1.82, 2.24) is 0 Å². The van der Waals surface area contributed by atoms with Gasteiger partial charge in [-0.1, -0.05) is 12.1 Å². The highest BCUT2D eigenvalue weighted by Gasteiger charge is 2.30. The number of nitro groups is 1. The van der Waals surface area contributed by atoms with Gasteiger partial charge in [0.2, 0.25) is 5.76 Å². The molecule has 0 spiro atoms. The second-order valence-electron chi connectivity index (χ2n) is 6.96. The summed E-state index contributed by atoms with van der Waals surface area (Å²) in [6, 6.07) is 9.37. The average Bonchev–Trinajstić information content (AvgIpc) is 3.28. The summed E-state index contributed by atoms with van der Waals surface area (Å²) in [4.78, 5) is 34.8. The minimum atomic E-state index is -4.54. The van der Waals surface area contributed by atoms with Gasteiger partial charge >= 0.3 is 17.8 Å². The molecule has 9 nitrogen and oxygen atoms in total. The van der Waals surface area contributed by atoms with Crippen LogP contribution in [0.1, 0.15) is 21.7 Å². The molecule has 1 heterocycles. The molecule has 0 saturated heterocycles. The van der Waals surface area contributed by atoms with E-state index in [-0.39, 0.29) is 34.2 Å². The van der Waals surface area contributed by atoms with Gasteiger partial charge in [-0.2, -0.15) is 13.2 Å². The van der Waals surface area contributed by atoms with Gasteiger partial charge in [0, 0.05) is 23.4 Å². The van der Waals surface area contributed by atoms with E-state index in [1.54, 1.807) is 0 Å². The van der Waals surface area contributed by atoms with E-state index in [1.807, 2.05) is 0 Å². The molecule has 0 aliphatic heterocycles. The predicted octanol–water partition coefficient (Wildman–Crippen LogP) is 4.99. The van der Waals surface area contributed by atoms with Crippen molar-refractivity contribution < 1.29 is 41.6 Å². The zero-order chi connectivity index (χ0) is 25.0. The Labute approximate surface area is 190 Å². The molecule has 12 heteroatoms. The number of rotatable bonds is 7. The van der Waals surface area contributed by atoms with Crippen LogP contribution in [0.15, 0.2) is 52.9 Å². The van der Waals surface area contributed by atoms with E-state index in [1.165, 1.54) is 50.4 Å². The van der Waals surface area contributed by atoms with Crippen LogP contribution < -0.4 is 10.1 Å². The summed E-state index contributed by atoms with van der Waals surface area (Å²) in [5.74, 6) is -2.12. The molecule has 34 heavy (non-hydrogen) atoms. The number of amides is 1. The van der Waals surface area contributed by atoms with Crippen LogP contribution in [0, 0.1) is 17.0 Å². The topological polar surface area (TPSA) is 121 Å². The lowest BCUT2D eigenvalue weighted by molar-refractivity contribution is -0.385. The number of aryl methyl sites for hydroxylation is 1. The number of alkyl halides is 3. The normalized spacial score (nSPS) is 11.1. The third kappa shape index (κ3) is 5.52. The Bertz CT molecular complexity index is 1250. The molecule has 1 N–H and O–H groups in total. The van der Waals surface area contributed by atoms with Crippen LogP contribution in [-0.4, -0.2) is 30.5 Å². The summed E-state index contributed by atoms with van der Waals surface area (Å²) in [7, 11) is 1.24. The standard InChI is InChI=1S/C22H17F3N2O7/c1-12-8-16(27(30)31)19(32-2)10-15(12)26-20(28)11-33-21(29)18-7-6-17(34-18)13-4-3-5-14(9-13)22(23,24)25/h3-10H,11H2,1-2H3,(H,26,28). The van der Waals surface area contributed by atoms with E-state index in [0.717, 1.165) is 12.1 Å². The fraction of sp³-hybridized carbons (Fsp3) is 0.182. The Morgan fingerprint density at radius 3 is 2.53 bits per heavy atom. The Morgan fingerprint density at radius 2 is 1.88 bits per heavy atom. The number of benzene rings is 2. The van der Waals surface area contributed by atoms with Gasteiger partial charge in [-0.25, -0.2) is 4.79 Å². The number of halogens is 3. The minimum absolute atomic E-state index is 0.0103. The fourth-order valence-electron chi connectivity index (χ4n) is 2.95. The van der Waals surface area contributed by atoms with Gasteiger partial charge < -0.3 is 19.2 Å². The van der Waals surface area contributed by atoms with Gasteiger partial charge in [0.15, 0.2) is 12.4 Å². The van der Waals surface area contributed by atoms with Gasteiger partial charge in [0.05, 0.1) is 17.6 Å². The van der Waals surface area contributed by atoms with Crippen molar-refractivity contribution in [2.75, 3.05) is 19.0 Å². The summed E-state index contributed by atoms with van der Waals surface area (Å²) in [5.41, 5.74) is -0.453. The Hall–Kier alpha value is -4.35. The molecule has 2 aromatic carbocycles. The second-order valence-corrected chi connectivity index (χ2v) is 6.96. The molecule has 0 atom stereocenters. The smallest absolute Gasteiger partial charge is 0.416 e. The molecule has 0 bridgehead atoms. The first-order chi connectivity index (χ1) is 16.0. The van der Waals surface area contributed by atoms with Gasteiger partial charge in [0.1, 0.15) is 5.76 Å². The molecular weight excluding hydrogens is 461 g/mol. The van der Waals surface area contributed by atoms with Crippen LogP contribution >= 0.6 is 0 Å². The number of nitrogens with zero attached hydrogens (tertiary/aromatic N) is 1. The van der Waals surface area contributed by atoms with Crippen LogP contribution in [0.3, 0.4) is 0 Å². The molecule has 3 aromatic rings. The lowest BCUT2D eigenvalue weighted by Crippen LogP contribution is -2.21. The molecular formula is C22H17F3N2O7. The van der Waals surface area contributed by atoms with Crippen molar-refractivity contribution >= 4 is 23.3 Å². The lowest BCUT2D eigenvalue weighted by Gasteiger charge is -2.11. The zero-order valence-corrected chi connectivity index (χ0v) is 17.8. The number of hydrogen-bond donors (Lipinski definition) is 1. The van der Waals surface area contributed by atoms with Crippen LogP contribution in [0.25, 0.3) is 11.3 Å². The number of carbonyl (C=O) groups excluding carboxylic acids is 2. The monoisotopic (exact) mass is 478 g/mol. The number of hydrogen-bond acceptors (Lipinski definition) is 7. The minimum Gasteiger partial charge on any atom is -0.490 e. The summed E-state index contributed by atoms with van der Waals surface area (Å²) in [5, 5.41) is 13.5. The van der Waals surface area contributed by atoms with Gasteiger partial charge in [-0.05, 0) is 36.8 Å². The van der Waals surface area contributed by atoms with Crippen molar-refractivity contribution in [1.29, 1.82) is 0 Å². The number of carbonyl (C=O) groups is 2. The maximum Gasteiger partial charge on any atom is 0.416 e. The third-order valence-electron chi connectivity index (χ3n) is 4.61. The molecule has 0 fully saturated rings. The first kappa shape index (κ1) is 24.3. The van der Waals surface area contributed by atoms with Crippen LogP contribution in [0.2, 0.25) is 0 Å². The fourth-order valence-corrected chi connectivity index (χ4v) is 2.95. The number of anilines is 1. The van der Waals surface area contributed by atoms with E-state index in [0.29, 0.717) is 5.56 Å². The molecule has 1 aromatic heterocycles. The molecule has 1 amide bonds. The largest absolute Gasteiger partial charge is 0.490 e. The average molecular weight is 478 g/mol. The summed E-state index contributed by atoms with van der Waals surface area (Å²) in [6.45, 7) is 0.823. The lowest BCUT2D eigenvalue weighted by atomic mass is 10.1. The first-order valence-corrected chi connectivity index (χ1v) is 9.57. The molecule has 178 valence electrons. The summed E-state index contributed by atoms with van der Waals surface area (Å²) in [6.07, 6.45) is -4.54. The molecule has 0 radical (unpaired) electrons. The van der Waals surface area contributed by atoms with Crippen LogP contribution in [0.4, 0.5) is 24.5 Å². The van der Waals surface area contributed by atoms with Crippen molar-refractivity contribution in [2.24, 2.45) is 0 Å². The molecule has 0 aliphatic carbocycles. The van der Waals surface area contributed by atoms with Crippen LogP contribution in [-0.2, 0) is 15.7 Å². The predicted molar refractivity (Wildman–Crippen MR) is 112 cm³/mol. The van der Waals surface area contributed by atoms with Gasteiger partial charge in [-0.3, -0.25) is 14.9 Å². The van der Waals surface area contributed by atoms with Gasteiger partial charge in [0.25, 0.3) is 5.91 Å². The van der Waals surface area contributed by atoms with E-state index >= 15 is 0 Å². The van der Waals surface area contributed by atoms with E-state index in [9.17, 15) is 32.9 Å². The first-order valence-electron chi connectivity index (χ1n) is 9.57. The Kier molecular flexibility index (Phi) is 6.89. The van der Waals surface area contributed by atoms with E-state index in [4.69, 9.17) is 13.9 Å². The van der Waals surface area contributed by atoms with Crippen molar-refractivity contribution in [3.8, 4) is 17.1 Å². The number of ether oxygens (including phenoxy) is 2. The molecule has 0 aliphatic rings. The van der Waals surface area contributed by atoms with E-state index < -0.39 is 35.1 Å². The number of furan rings is 1. The highest BCUT2D eigenvalue weighted by Crippen LogP contribution is 2.34. The molecule has 0 unspecified atom stereocenters. The summed E-state index contributed by atoms with van der Waals surface area (Å²) >= 11 is 0. The van der Waals surface area contributed by atoms with Crippen molar-refractivity contribution in [2.45, 2.75) is 13.1 Å².